The Kier molecular flexibility index (Phi) is 3.43. The first-order chi connectivity index (χ1) is 8.54. The third-order valence-corrected chi connectivity index (χ3v) is 2.93. The Hall–Kier alpha value is -1.75. The number of aromatic nitrogens is 2. The zero-order valence-electron chi connectivity index (χ0n) is 10.4. The highest BCUT2D eigenvalue weighted by Crippen LogP contribution is 2.28. The minimum absolute atomic E-state index is 0.482. The van der Waals surface area contributed by atoms with Gasteiger partial charge in [-0.15, -0.1) is 0 Å². The summed E-state index contributed by atoms with van der Waals surface area (Å²) in [6.07, 6.45) is 0.645. The monoisotopic (exact) mass is 251 g/mol. The van der Waals surface area contributed by atoms with Crippen LogP contribution in [0.5, 0.6) is 0 Å². The molecule has 1 aromatic carbocycles. The molecule has 0 aliphatic heterocycles. The summed E-state index contributed by atoms with van der Waals surface area (Å²) in [5.41, 5.74) is 8.74. The van der Waals surface area contributed by atoms with Crippen LogP contribution in [0.1, 0.15) is 11.4 Å². The first kappa shape index (κ1) is 12.7. The van der Waals surface area contributed by atoms with Crippen molar-refractivity contribution in [2.24, 2.45) is 12.8 Å². The van der Waals surface area contributed by atoms with E-state index in [0.29, 0.717) is 18.5 Å². The normalized spacial score (nSPS) is 10.9. The molecule has 0 saturated heterocycles. The van der Waals surface area contributed by atoms with Gasteiger partial charge in [0.1, 0.15) is 0 Å². The standard InChI is InChI=1S/C13H15F2N3/c1-8-13(12(5-6-16)18(2)17-8)9-3-4-10(14)11(15)7-9/h3-4,7H,5-6,16H2,1-2H3. The molecule has 2 N–H and O–H groups in total. The number of rotatable bonds is 3. The Morgan fingerprint density at radius 3 is 2.61 bits per heavy atom. The summed E-state index contributed by atoms with van der Waals surface area (Å²) >= 11 is 0. The highest BCUT2D eigenvalue weighted by Gasteiger charge is 2.15. The third-order valence-electron chi connectivity index (χ3n) is 2.93. The number of nitrogens with zero attached hydrogens (tertiary/aromatic N) is 2. The van der Waals surface area contributed by atoms with Crippen LogP contribution in [0, 0.1) is 18.6 Å². The van der Waals surface area contributed by atoms with Crippen molar-refractivity contribution in [2.75, 3.05) is 6.54 Å². The minimum Gasteiger partial charge on any atom is -0.330 e. The molecular formula is C13H15F2N3. The molecule has 0 aliphatic carbocycles. The average Bonchev–Trinajstić information content (AvgIpc) is 2.59. The van der Waals surface area contributed by atoms with Crippen LogP contribution in [0.4, 0.5) is 8.78 Å². The SMILES string of the molecule is Cc1nn(C)c(CCN)c1-c1ccc(F)c(F)c1. The van der Waals surface area contributed by atoms with Crippen molar-refractivity contribution in [3.63, 3.8) is 0 Å². The van der Waals surface area contributed by atoms with E-state index in [0.717, 1.165) is 23.0 Å². The lowest BCUT2D eigenvalue weighted by Gasteiger charge is -2.06. The van der Waals surface area contributed by atoms with Gasteiger partial charge in [-0.05, 0) is 31.2 Å². The summed E-state index contributed by atoms with van der Waals surface area (Å²) in [4.78, 5) is 0. The summed E-state index contributed by atoms with van der Waals surface area (Å²) in [7, 11) is 1.82. The third kappa shape index (κ3) is 2.13. The van der Waals surface area contributed by atoms with Gasteiger partial charge in [-0.2, -0.15) is 5.10 Å². The Balaban J connectivity index is 2.58. The smallest absolute Gasteiger partial charge is 0.159 e. The van der Waals surface area contributed by atoms with Gasteiger partial charge in [-0.1, -0.05) is 6.07 Å². The summed E-state index contributed by atoms with van der Waals surface area (Å²) in [5, 5.41) is 4.30. The molecule has 1 aromatic heterocycles. The molecule has 0 radical (unpaired) electrons. The minimum atomic E-state index is -0.852. The molecule has 0 aliphatic rings. The molecule has 0 amide bonds. The van der Waals surface area contributed by atoms with E-state index in [-0.39, 0.29) is 0 Å². The first-order valence-corrected chi connectivity index (χ1v) is 5.72. The number of benzene rings is 1. The molecule has 1 heterocycles. The van der Waals surface area contributed by atoms with Gasteiger partial charge < -0.3 is 5.73 Å². The topological polar surface area (TPSA) is 43.8 Å². The van der Waals surface area contributed by atoms with E-state index in [1.54, 1.807) is 10.7 Å². The van der Waals surface area contributed by atoms with E-state index >= 15 is 0 Å². The molecule has 96 valence electrons. The maximum atomic E-state index is 13.3. The van der Waals surface area contributed by atoms with Crippen molar-refractivity contribution in [3.8, 4) is 11.1 Å². The number of nitrogens with two attached hydrogens (primary N) is 1. The molecule has 3 nitrogen and oxygen atoms in total. The predicted molar refractivity (Wildman–Crippen MR) is 66.1 cm³/mol. The van der Waals surface area contributed by atoms with Gasteiger partial charge >= 0.3 is 0 Å². The quantitative estimate of drug-likeness (QED) is 0.908. The summed E-state index contributed by atoms with van der Waals surface area (Å²) in [5.74, 6) is -1.70. The van der Waals surface area contributed by atoms with E-state index in [9.17, 15) is 8.78 Å². The summed E-state index contributed by atoms with van der Waals surface area (Å²) in [6, 6.07) is 3.88. The fourth-order valence-electron chi connectivity index (χ4n) is 2.16. The van der Waals surface area contributed by atoms with Crippen molar-refractivity contribution >= 4 is 0 Å². The van der Waals surface area contributed by atoms with Crippen LogP contribution < -0.4 is 5.73 Å². The first-order valence-electron chi connectivity index (χ1n) is 5.72. The second-order valence-corrected chi connectivity index (χ2v) is 4.20. The fourth-order valence-corrected chi connectivity index (χ4v) is 2.16. The van der Waals surface area contributed by atoms with Crippen LogP contribution in [0.3, 0.4) is 0 Å². The summed E-state index contributed by atoms with van der Waals surface area (Å²) in [6.45, 7) is 2.33. The Labute approximate surface area is 104 Å². The van der Waals surface area contributed by atoms with E-state index < -0.39 is 11.6 Å². The van der Waals surface area contributed by atoms with Gasteiger partial charge in [0.15, 0.2) is 11.6 Å². The molecule has 2 rings (SSSR count). The van der Waals surface area contributed by atoms with Crippen molar-refractivity contribution in [3.05, 3.63) is 41.2 Å². The molecule has 0 saturated carbocycles. The highest BCUT2D eigenvalue weighted by molar-refractivity contribution is 5.68. The van der Waals surface area contributed by atoms with Crippen molar-refractivity contribution in [1.82, 2.24) is 9.78 Å². The fraction of sp³-hybridized carbons (Fsp3) is 0.308. The largest absolute Gasteiger partial charge is 0.330 e. The van der Waals surface area contributed by atoms with Crippen molar-refractivity contribution in [1.29, 1.82) is 0 Å². The number of halogens is 2. The number of hydrogen-bond donors (Lipinski definition) is 1. The van der Waals surface area contributed by atoms with Crippen LogP contribution in [0.25, 0.3) is 11.1 Å². The summed E-state index contributed by atoms with van der Waals surface area (Å²) < 4.78 is 28.0. The Morgan fingerprint density at radius 1 is 1.28 bits per heavy atom. The second kappa shape index (κ2) is 4.86. The van der Waals surface area contributed by atoms with Crippen LogP contribution >= 0.6 is 0 Å². The van der Waals surface area contributed by atoms with E-state index in [1.165, 1.54) is 6.07 Å². The van der Waals surface area contributed by atoms with Crippen molar-refractivity contribution < 1.29 is 8.78 Å². The number of aryl methyl sites for hydroxylation is 2. The zero-order chi connectivity index (χ0) is 13.3. The van der Waals surface area contributed by atoms with Gasteiger partial charge in [0.25, 0.3) is 0 Å². The van der Waals surface area contributed by atoms with Gasteiger partial charge in [0, 0.05) is 24.7 Å². The van der Waals surface area contributed by atoms with Gasteiger partial charge in [0.2, 0.25) is 0 Å². The molecule has 0 bridgehead atoms. The Bertz CT molecular complexity index is 576. The molecule has 5 heteroatoms. The lowest BCUT2D eigenvalue weighted by Crippen LogP contribution is -2.08. The van der Waals surface area contributed by atoms with Gasteiger partial charge in [-0.3, -0.25) is 4.68 Å². The van der Waals surface area contributed by atoms with Crippen LogP contribution in [-0.4, -0.2) is 16.3 Å². The zero-order valence-corrected chi connectivity index (χ0v) is 10.4. The molecule has 2 aromatic rings. The van der Waals surface area contributed by atoms with E-state index in [1.807, 2.05) is 14.0 Å². The highest BCUT2D eigenvalue weighted by atomic mass is 19.2. The molecule has 0 spiro atoms. The van der Waals surface area contributed by atoms with Gasteiger partial charge in [0.05, 0.1) is 5.69 Å². The Morgan fingerprint density at radius 2 is 2.00 bits per heavy atom. The molecule has 0 atom stereocenters. The predicted octanol–water partition coefficient (Wildman–Crippen LogP) is 2.17. The molecule has 0 fully saturated rings. The van der Waals surface area contributed by atoms with Gasteiger partial charge in [-0.25, -0.2) is 8.78 Å². The van der Waals surface area contributed by atoms with Crippen molar-refractivity contribution in [2.45, 2.75) is 13.3 Å². The van der Waals surface area contributed by atoms with Crippen LogP contribution in [0.15, 0.2) is 18.2 Å². The maximum Gasteiger partial charge on any atom is 0.159 e. The lowest BCUT2D eigenvalue weighted by molar-refractivity contribution is 0.509. The van der Waals surface area contributed by atoms with Crippen LogP contribution in [-0.2, 0) is 13.5 Å². The maximum absolute atomic E-state index is 13.3. The molecule has 18 heavy (non-hydrogen) atoms. The molecule has 0 unspecified atom stereocenters. The van der Waals surface area contributed by atoms with E-state index in [2.05, 4.69) is 5.10 Å². The second-order valence-electron chi connectivity index (χ2n) is 4.20. The van der Waals surface area contributed by atoms with E-state index in [4.69, 9.17) is 5.73 Å². The number of hydrogen-bond acceptors (Lipinski definition) is 2. The van der Waals surface area contributed by atoms with Crippen LogP contribution in [0.2, 0.25) is 0 Å². The molecular weight excluding hydrogens is 236 g/mol. The average molecular weight is 251 g/mol. The lowest BCUT2D eigenvalue weighted by atomic mass is 10.0.